The minimum Gasteiger partial charge on any atom is -0.503 e. The van der Waals surface area contributed by atoms with E-state index in [0.717, 1.165) is 5.56 Å². The van der Waals surface area contributed by atoms with Gasteiger partial charge in [-0.1, -0.05) is 30.3 Å². The van der Waals surface area contributed by atoms with Gasteiger partial charge in [-0.05, 0) is 52.2 Å². The molecule has 0 bridgehead atoms. The number of carbonyl (C=O) groups excluding carboxylic acids is 1. The molecular formula is C22H21BrN2O4. The van der Waals surface area contributed by atoms with Gasteiger partial charge in [0.1, 0.15) is 11.4 Å². The van der Waals surface area contributed by atoms with Crippen molar-refractivity contribution in [3.63, 3.8) is 0 Å². The lowest BCUT2D eigenvalue weighted by Crippen LogP contribution is -2.12. The zero-order chi connectivity index (χ0) is 20.8. The fraction of sp³-hybridized carbons (Fsp3) is 0.182. The van der Waals surface area contributed by atoms with E-state index in [0.29, 0.717) is 33.7 Å². The maximum absolute atomic E-state index is 12.7. The van der Waals surface area contributed by atoms with Crippen LogP contribution >= 0.6 is 15.9 Å². The molecule has 2 aromatic carbocycles. The predicted molar refractivity (Wildman–Crippen MR) is 115 cm³/mol. The van der Waals surface area contributed by atoms with Crippen LogP contribution in [-0.2, 0) is 16.1 Å². The second-order valence-corrected chi connectivity index (χ2v) is 7.05. The largest absolute Gasteiger partial charge is 0.503 e. The van der Waals surface area contributed by atoms with E-state index < -0.39 is 5.97 Å². The second-order valence-electron chi connectivity index (χ2n) is 6.20. The van der Waals surface area contributed by atoms with Crippen molar-refractivity contribution < 1.29 is 19.4 Å². The monoisotopic (exact) mass is 456 g/mol. The van der Waals surface area contributed by atoms with E-state index in [1.54, 1.807) is 31.3 Å². The van der Waals surface area contributed by atoms with Crippen LogP contribution in [0, 0.1) is 0 Å². The number of aromatic hydroxyl groups is 1. The highest BCUT2D eigenvalue weighted by Gasteiger charge is 2.20. The molecule has 6 nitrogen and oxygen atoms in total. The lowest BCUT2D eigenvalue weighted by Gasteiger charge is -2.12. The van der Waals surface area contributed by atoms with Gasteiger partial charge >= 0.3 is 5.97 Å². The van der Waals surface area contributed by atoms with Gasteiger partial charge in [-0.15, -0.1) is 0 Å². The molecule has 3 rings (SSSR count). The number of hydrogen-bond donors (Lipinski definition) is 1. The Morgan fingerprint density at radius 2 is 2.03 bits per heavy atom. The molecule has 3 aromatic rings. The Labute approximate surface area is 177 Å². The summed E-state index contributed by atoms with van der Waals surface area (Å²) < 4.78 is 12.8. The quantitative estimate of drug-likeness (QED) is 0.418. The number of phenolic OH excluding ortho intramolecular Hbond substituents is 1. The highest BCUT2D eigenvalue weighted by molar-refractivity contribution is 9.10. The van der Waals surface area contributed by atoms with Crippen molar-refractivity contribution in [1.29, 1.82) is 0 Å². The van der Waals surface area contributed by atoms with Crippen LogP contribution in [0.1, 0.15) is 23.9 Å². The van der Waals surface area contributed by atoms with Crippen LogP contribution in [0.25, 0.3) is 11.6 Å². The zero-order valence-electron chi connectivity index (χ0n) is 16.1. The fourth-order valence-corrected chi connectivity index (χ4v) is 3.34. The summed E-state index contributed by atoms with van der Waals surface area (Å²) in [6, 6.07) is 13.3. The van der Waals surface area contributed by atoms with Gasteiger partial charge in [-0.3, -0.25) is 0 Å². The van der Waals surface area contributed by atoms with Gasteiger partial charge in [0.15, 0.2) is 11.5 Å². The Morgan fingerprint density at radius 1 is 1.28 bits per heavy atom. The van der Waals surface area contributed by atoms with Crippen LogP contribution in [0.2, 0.25) is 0 Å². The molecule has 1 aromatic heterocycles. The van der Waals surface area contributed by atoms with Gasteiger partial charge in [-0.2, -0.15) is 0 Å². The minimum atomic E-state index is -0.476. The molecule has 7 heteroatoms. The number of methoxy groups -OCH3 is 1. The van der Waals surface area contributed by atoms with Crippen LogP contribution in [0.5, 0.6) is 11.5 Å². The molecule has 0 unspecified atom stereocenters. The van der Waals surface area contributed by atoms with Crippen LogP contribution in [0.15, 0.2) is 59.3 Å². The van der Waals surface area contributed by atoms with Crippen LogP contribution < -0.4 is 4.74 Å². The van der Waals surface area contributed by atoms with Crippen LogP contribution in [0.4, 0.5) is 0 Å². The second kappa shape index (κ2) is 9.43. The first-order valence-corrected chi connectivity index (χ1v) is 9.83. The first-order chi connectivity index (χ1) is 14.0. The van der Waals surface area contributed by atoms with Gasteiger partial charge in [0.25, 0.3) is 0 Å². The molecule has 0 aliphatic heterocycles. The number of carbonyl (C=O) groups is 1. The van der Waals surface area contributed by atoms with E-state index in [1.165, 1.54) is 7.11 Å². The van der Waals surface area contributed by atoms with E-state index in [4.69, 9.17) is 9.47 Å². The Bertz CT molecular complexity index is 1030. The third-order valence-electron chi connectivity index (χ3n) is 4.23. The van der Waals surface area contributed by atoms with Gasteiger partial charge in [0.05, 0.1) is 18.2 Å². The van der Waals surface area contributed by atoms with Crippen molar-refractivity contribution in [3.8, 4) is 11.5 Å². The highest BCUT2D eigenvalue weighted by atomic mass is 79.9. The summed E-state index contributed by atoms with van der Waals surface area (Å²) in [5.74, 6) is 0.306. The molecule has 0 fully saturated rings. The lowest BCUT2D eigenvalue weighted by molar-refractivity contribution is -0.136. The average Bonchev–Trinajstić information content (AvgIpc) is 3.17. The van der Waals surface area contributed by atoms with Crippen LogP contribution in [0.3, 0.4) is 0 Å². The maximum Gasteiger partial charge on any atom is 0.341 e. The summed E-state index contributed by atoms with van der Waals surface area (Å²) in [5, 5.41) is 10.0. The van der Waals surface area contributed by atoms with E-state index in [2.05, 4.69) is 20.9 Å². The molecule has 29 heavy (non-hydrogen) atoms. The predicted octanol–water partition coefficient (Wildman–Crippen LogP) is 4.51. The smallest absolute Gasteiger partial charge is 0.341 e. The van der Waals surface area contributed by atoms with E-state index in [9.17, 15) is 9.90 Å². The summed E-state index contributed by atoms with van der Waals surface area (Å²) in [5.41, 5.74) is 2.06. The van der Waals surface area contributed by atoms with Crippen molar-refractivity contribution in [2.75, 3.05) is 13.7 Å². The molecule has 0 amide bonds. The molecule has 150 valence electrons. The normalized spacial score (nSPS) is 11.3. The summed E-state index contributed by atoms with van der Waals surface area (Å²) in [6.45, 7) is 2.57. The molecule has 0 spiro atoms. The molecule has 1 heterocycles. The summed E-state index contributed by atoms with van der Waals surface area (Å²) >= 11 is 3.31. The van der Waals surface area contributed by atoms with Crippen molar-refractivity contribution in [3.05, 3.63) is 76.3 Å². The Morgan fingerprint density at radius 3 is 2.72 bits per heavy atom. The number of benzene rings is 2. The summed E-state index contributed by atoms with van der Waals surface area (Å²) in [7, 11) is 1.47. The molecule has 0 atom stereocenters. The SMILES string of the molecule is CCOC(=O)/C(=C/c1cc(Br)c(O)c(OC)c1)c1nccn1Cc1ccccc1. The van der Waals surface area contributed by atoms with Gasteiger partial charge in [-0.25, -0.2) is 9.78 Å². The number of hydrogen-bond acceptors (Lipinski definition) is 5. The highest BCUT2D eigenvalue weighted by Crippen LogP contribution is 2.36. The minimum absolute atomic E-state index is 0.00656. The summed E-state index contributed by atoms with van der Waals surface area (Å²) in [4.78, 5) is 17.1. The van der Waals surface area contributed by atoms with Crippen molar-refractivity contribution in [1.82, 2.24) is 9.55 Å². The van der Waals surface area contributed by atoms with Gasteiger partial charge < -0.3 is 19.1 Å². The first-order valence-electron chi connectivity index (χ1n) is 9.04. The number of nitrogens with zero attached hydrogens (tertiary/aromatic N) is 2. The number of ether oxygens (including phenoxy) is 2. The molecule has 1 N–H and O–H groups in total. The molecule has 0 aliphatic rings. The van der Waals surface area contributed by atoms with Gasteiger partial charge in [0.2, 0.25) is 0 Å². The van der Waals surface area contributed by atoms with E-state index in [-0.39, 0.29) is 12.4 Å². The number of imidazole rings is 1. The average molecular weight is 457 g/mol. The molecule has 0 saturated carbocycles. The number of esters is 1. The number of aromatic nitrogens is 2. The third-order valence-corrected chi connectivity index (χ3v) is 4.83. The van der Waals surface area contributed by atoms with Crippen LogP contribution in [-0.4, -0.2) is 34.3 Å². The molecule has 0 radical (unpaired) electrons. The van der Waals surface area contributed by atoms with Crippen molar-refractivity contribution >= 4 is 33.5 Å². The summed E-state index contributed by atoms with van der Waals surface area (Å²) in [6.07, 6.45) is 5.15. The van der Waals surface area contributed by atoms with Gasteiger partial charge in [0, 0.05) is 18.9 Å². The maximum atomic E-state index is 12.7. The molecular weight excluding hydrogens is 436 g/mol. The fourth-order valence-electron chi connectivity index (χ4n) is 2.88. The Hall–Kier alpha value is -3.06. The lowest BCUT2D eigenvalue weighted by atomic mass is 10.1. The van der Waals surface area contributed by atoms with E-state index >= 15 is 0 Å². The first kappa shape index (κ1) is 20.7. The molecule has 0 aliphatic carbocycles. The van der Waals surface area contributed by atoms with E-state index in [1.807, 2.05) is 41.1 Å². The number of rotatable bonds is 7. The van der Waals surface area contributed by atoms with Crippen molar-refractivity contribution in [2.45, 2.75) is 13.5 Å². The zero-order valence-corrected chi connectivity index (χ0v) is 17.7. The number of halogens is 1. The Kier molecular flexibility index (Phi) is 6.72. The third kappa shape index (κ3) is 4.86. The Balaban J connectivity index is 2.06. The standard InChI is InChI=1S/C22H21BrN2O4/c1-3-29-22(27)17(11-16-12-18(23)20(26)19(13-16)28-2)21-24-9-10-25(21)14-15-7-5-4-6-8-15/h4-13,26H,3,14H2,1-2H3/b17-11+. The molecule has 0 saturated heterocycles. The topological polar surface area (TPSA) is 73.6 Å². The number of phenols is 1. The van der Waals surface area contributed by atoms with Crippen molar-refractivity contribution in [2.24, 2.45) is 0 Å².